The van der Waals surface area contributed by atoms with Crippen LogP contribution in [0.4, 0.5) is 13.2 Å². The number of H-pyrrole nitrogens is 1. The smallest absolute Gasteiger partial charge is 0.361 e. The topological polar surface area (TPSA) is 106 Å². The number of nitrogens with zero attached hydrogens (tertiary/aromatic N) is 2. The highest BCUT2D eigenvalue weighted by Gasteiger charge is 2.69. The van der Waals surface area contributed by atoms with Crippen LogP contribution in [0.5, 0.6) is 0 Å². The molecule has 7 nitrogen and oxygen atoms in total. The Hall–Kier alpha value is -3.35. The van der Waals surface area contributed by atoms with E-state index in [0.717, 1.165) is 16.5 Å². The van der Waals surface area contributed by atoms with E-state index >= 15 is 0 Å². The fourth-order valence-corrected chi connectivity index (χ4v) is 6.14. The summed E-state index contributed by atoms with van der Waals surface area (Å²) in [6.45, 7) is 9.08. The second kappa shape index (κ2) is 10.00. The van der Waals surface area contributed by atoms with E-state index in [4.69, 9.17) is 0 Å². The number of nitrogens with one attached hydrogen (secondary N) is 2. The molecule has 2 aromatic rings. The number of hydrogen-bond acceptors (Lipinski definition) is 4. The summed E-state index contributed by atoms with van der Waals surface area (Å²) in [5, 5.41) is 13.6. The van der Waals surface area contributed by atoms with Crippen LogP contribution in [0, 0.1) is 39.9 Å². The summed E-state index contributed by atoms with van der Waals surface area (Å²) in [5.74, 6) is -4.46. The van der Waals surface area contributed by atoms with Crippen LogP contribution in [0.1, 0.15) is 53.0 Å². The molecule has 10 heteroatoms. The summed E-state index contributed by atoms with van der Waals surface area (Å²) in [5.41, 5.74) is 0.841. The Kier molecular flexibility index (Phi) is 7.34. The van der Waals surface area contributed by atoms with Gasteiger partial charge in [-0.2, -0.15) is 18.4 Å². The van der Waals surface area contributed by atoms with Crippen molar-refractivity contribution in [3.8, 4) is 6.07 Å². The molecule has 1 saturated carbocycles. The predicted molar refractivity (Wildman–Crippen MR) is 139 cm³/mol. The van der Waals surface area contributed by atoms with Crippen molar-refractivity contribution < 1.29 is 27.6 Å². The van der Waals surface area contributed by atoms with E-state index in [1.165, 1.54) is 4.90 Å². The highest BCUT2D eigenvalue weighted by atomic mass is 19.4. The number of carbonyl (C=O) groups excluding carboxylic acids is 3. The minimum atomic E-state index is -5.04. The molecule has 0 radical (unpaired) electrons. The number of likely N-dealkylation sites (tertiary alicyclic amines) is 1. The first-order valence-corrected chi connectivity index (χ1v) is 13.2. The van der Waals surface area contributed by atoms with Gasteiger partial charge in [-0.05, 0) is 47.1 Å². The zero-order valence-electron chi connectivity index (χ0n) is 22.9. The molecule has 4 rings (SSSR count). The van der Waals surface area contributed by atoms with Gasteiger partial charge in [-0.1, -0.05) is 52.8 Å². The van der Waals surface area contributed by atoms with Gasteiger partial charge < -0.3 is 15.2 Å². The van der Waals surface area contributed by atoms with E-state index in [0.29, 0.717) is 12.8 Å². The molecule has 2 N–H and O–H groups in total. The third-order valence-corrected chi connectivity index (χ3v) is 8.66. The Balaban J connectivity index is 1.50. The lowest BCUT2D eigenvalue weighted by Gasteiger charge is -2.37. The molecule has 1 aliphatic heterocycles. The molecule has 0 spiro atoms. The zero-order chi connectivity index (χ0) is 28.9. The molecule has 210 valence electrons. The Morgan fingerprint density at radius 1 is 1.21 bits per heavy atom. The largest absolute Gasteiger partial charge is 0.449 e. The molecule has 3 unspecified atom stereocenters. The molecular weight excluding hydrogens is 509 g/mol. The number of piperidine rings is 1. The van der Waals surface area contributed by atoms with Crippen LogP contribution < -0.4 is 5.32 Å². The third-order valence-electron chi connectivity index (χ3n) is 8.66. The number of halogens is 3. The molecule has 1 saturated heterocycles. The maximum atomic E-state index is 13.7. The van der Waals surface area contributed by atoms with Crippen molar-refractivity contribution in [1.29, 1.82) is 5.26 Å². The average Bonchev–Trinajstić information content (AvgIpc) is 3.20. The molecular formula is C29H35F3N4O3. The van der Waals surface area contributed by atoms with E-state index < -0.39 is 53.6 Å². The Morgan fingerprint density at radius 3 is 2.49 bits per heavy atom. The van der Waals surface area contributed by atoms with E-state index in [1.54, 1.807) is 20.8 Å². The number of Topliss-reactive ketones (excluding diaryl/α,β-unsaturated/α-hetero) is 1. The molecule has 2 aliphatic rings. The number of alkyl halides is 3. The summed E-state index contributed by atoms with van der Waals surface area (Å²) >= 11 is 0. The first-order chi connectivity index (χ1) is 18.1. The van der Waals surface area contributed by atoms with Crippen molar-refractivity contribution in [2.75, 3.05) is 6.54 Å². The summed E-state index contributed by atoms with van der Waals surface area (Å²) in [6, 6.07) is 8.20. The van der Waals surface area contributed by atoms with Crippen molar-refractivity contribution in [3.63, 3.8) is 0 Å². The number of fused-ring (bicyclic) bond motifs is 2. The second-order valence-electron chi connectivity index (χ2n) is 12.5. The van der Waals surface area contributed by atoms with E-state index in [9.17, 15) is 32.8 Å². The van der Waals surface area contributed by atoms with Gasteiger partial charge in [-0.15, -0.1) is 0 Å². The summed E-state index contributed by atoms with van der Waals surface area (Å²) in [6.07, 6.45) is -3.24. The Bertz CT molecular complexity index is 1320. The lowest BCUT2D eigenvalue weighted by molar-refractivity contribution is -0.174. The maximum absolute atomic E-state index is 13.7. The van der Waals surface area contributed by atoms with Gasteiger partial charge >= 0.3 is 6.18 Å². The van der Waals surface area contributed by atoms with Gasteiger partial charge in [0.15, 0.2) is 0 Å². The number of aromatic amines is 1. The number of ketones is 1. The molecule has 2 heterocycles. The number of rotatable bonds is 8. The van der Waals surface area contributed by atoms with Gasteiger partial charge in [0.1, 0.15) is 12.1 Å². The number of amides is 2. The van der Waals surface area contributed by atoms with Gasteiger partial charge in [-0.3, -0.25) is 14.4 Å². The van der Waals surface area contributed by atoms with Gasteiger partial charge in [0.05, 0.1) is 12.0 Å². The minimum Gasteiger partial charge on any atom is -0.361 e. The van der Waals surface area contributed by atoms with Crippen LogP contribution in [0.3, 0.4) is 0 Å². The highest BCUT2D eigenvalue weighted by molar-refractivity contribution is 5.94. The monoisotopic (exact) mass is 544 g/mol. The van der Waals surface area contributed by atoms with E-state index in [-0.39, 0.29) is 23.8 Å². The molecule has 5 atom stereocenters. The lowest BCUT2D eigenvalue weighted by Crippen LogP contribution is -2.54. The summed E-state index contributed by atoms with van der Waals surface area (Å²) in [4.78, 5) is 43.6. The van der Waals surface area contributed by atoms with Crippen molar-refractivity contribution in [2.45, 2.75) is 72.1 Å². The predicted octanol–water partition coefficient (Wildman–Crippen LogP) is 4.78. The highest BCUT2D eigenvalue weighted by Crippen LogP contribution is 2.65. The summed E-state index contributed by atoms with van der Waals surface area (Å²) < 4.78 is 39.3. The van der Waals surface area contributed by atoms with Gasteiger partial charge in [0.25, 0.3) is 0 Å². The fraction of sp³-hybridized carbons (Fsp3) is 0.586. The lowest BCUT2D eigenvalue weighted by atomic mass is 9.76. The van der Waals surface area contributed by atoms with E-state index in [2.05, 4.69) is 16.4 Å². The molecule has 1 aromatic heterocycles. The Morgan fingerprint density at radius 2 is 1.87 bits per heavy atom. The van der Waals surface area contributed by atoms with Gasteiger partial charge in [-0.25, -0.2) is 0 Å². The van der Waals surface area contributed by atoms with Gasteiger partial charge in [0, 0.05) is 30.1 Å². The number of nitriles is 1. The first kappa shape index (κ1) is 28.7. The number of aromatic nitrogens is 1. The number of benzene rings is 1. The molecule has 2 fully saturated rings. The average molecular weight is 545 g/mol. The quantitative estimate of drug-likeness (QED) is 0.499. The molecule has 1 aromatic carbocycles. The minimum absolute atomic E-state index is 0.0166. The van der Waals surface area contributed by atoms with Crippen molar-refractivity contribution in [1.82, 2.24) is 15.2 Å². The molecule has 0 bridgehead atoms. The number of para-hydroxylation sites is 1. The van der Waals surface area contributed by atoms with Crippen LogP contribution in [-0.2, 0) is 20.8 Å². The number of hydrogen-bond donors (Lipinski definition) is 2. The Labute approximate surface area is 226 Å². The standard InChI is InChI=1S/C29H35F3N4O3/c1-27(2,3)19(12-22(37)29(30,31)32)26(39)36-15-20-23(28(20,4)5)24(36)25(38)35-17(13-33)11-10-16-14-34-21-9-7-6-8-18(16)21/h6-9,14,17,19-20,23-24,34H,10-12,15H2,1-5H3,(H,35,38)/t17?,19-,20?,23?,24+/m1/s1. The number of aryl methyl sites for hydroxylation is 1. The fourth-order valence-electron chi connectivity index (χ4n) is 6.14. The first-order valence-electron chi connectivity index (χ1n) is 13.2. The van der Waals surface area contributed by atoms with Crippen molar-refractivity contribution in [2.24, 2.45) is 28.6 Å². The summed E-state index contributed by atoms with van der Waals surface area (Å²) in [7, 11) is 0. The van der Waals surface area contributed by atoms with Crippen LogP contribution in [0.2, 0.25) is 0 Å². The van der Waals surface area contributed by atoms with Crippen LogP contribution in [0.15, 0.2) is 30.5 Å². The number of carbonyl (C=O) groups is 3. The van der Waals surface area contributed by atoms with Crippen LogP contribution in [-0.4, -0.2) is 52.3 Å². The zero-order valence-corrected chi connectivity index (χ0v) is 22.9. The SMILES string of the molecule is CC1(C)C2CN(C(=O)[C@@H](CC(=O)C(F)(F)F)C(C)(C)C)[C@H](C(=O)NC(C#N)CCc3c[nH]c4ccccc34)C21. The van der Waals surface area contributed by atoms with Gasteiger partial charge in [0.2, 0.25) is 17.6 Å². The van der Waals surface area contributed by atoms with Crippen LogP contribution >= 0.6 is 0 Å². The normalized spacial score (nSPS) is 23.6. The maximum Gasteiger partial charge on any atom is 0.449 e. The second-order valence-corrected chi connectivity index (χ2v) is 12.5. The molecule has 1 aliphatic carbocycles. The van der Waals surface area contributed by atoms with Crippen molar-refractivity contribution >= 4 is 28.5 Å². The molecule has 39 heavy (non-hydrogen) atoms. The van der Waals surface area contributed by atoms with Crippen molar-refractivity contribution in [3.05, 3.63) is 36.0 Å². The third kappa shape index (κ3) is 5.54. The molecule has 2 amide bonds. The van der Waals surface area contributed by atoms with E-state index in [1.807, 2.05) is 44.3 Å². The van der Waals surface area contributed by atoms with Crippen LogP contribution in [0.25, 0.3) is 10.9 Å².